The van der Waals surface area contributed by atoms with Gasteiger partial charge in [0, 0.05) is 25.0 Å². The molecule has 0 saturated carbocycles. The maximum Gasteiger partial charge on any atom is 0.225 e. The van der Waals surface area contributed by atoms with Crippen molar-refractivity contribution in [1.29, 1.82) is 0 Å². The van der Waals surface area contributed by atoms with Crippen molar-refractivity contribution in [2.75, 3.05) is 50.4 Å². The molecule has 1 saturated heterocycles. The monoisotopic (exact) mass is 287 g/mol. The van der Waals surface area contributed by atoms with Gasteiger partial charge in [-0.1, -0.05) is 12.1 Å². The van der Waals surface area contributed by atoms with Crippen molar-refractivity contribution in [2.45, 2.75) is 6.42 Å². The van der Waals surface area contributed by atoms with Crippen LogP contribution in [0.25, 0.3) is 10.9 Å². The fourth-order valence-corrected chi connectivity index (χ4v) is 2.51. The van der Waals surface area contributed by atoms with Crippen molar-refractivity contribution in [3.8, 4) is 0 Å². The minimum atomic E-state index is 0.524. The van der Waals surface area contributed by atoms with Crippen LogP contribution in [0.3, 0.4) is 0 Å². The molecule has 2 heterocycles. The zero-order chi connectivity index (χ0) is 14.5. The Morgan fingerprint density at radius 3 is 2.86 bits per heavy atom. The van der Waals surface area contributed by atoms with Gasteiger partial charge < -0.3 is 15.8 Å². The van der Waals surface area contributed by atoms with E-state index >= 15 is 0 Å². The van der Waals surface area contributed by atoms with Gasteiger partial charge in [0.1, 0.15) is 5.82 Å². The van der Waals surface area contributed by atoms with Gasteiger partial charge in [-0.05, 0) is 25.1 Å². The molecular weight excluding hydrogens is 266 g/mol. The third-order valence-corrected chi connectivity index (χ3v) is 3.67. The molecule has 0 bridgehead atoms. The third kappa shape index (κ3) is 3.59. The molecule has 112 valence electrons. The summed E-state index contributed by atoms with van der Waals surface area (Å²) in [6.45, 7) is 5.66. The summed E-state index contributed by atoms with van der Waals surface area (Å²) in [5, 5.41) is 4.16. The highest BCUT2D eigenvalue weighted by Gasteiger charge is 2.09. The van der Waals surface area contributed by atoms with E-state index in [2.05, 4.69) is 20.2 Å². The number of aromatic nitrogens is 2. The van der Waals surface area contributed by atoms with Gasteiger partial charge in [-0.25, -0.2) is 4.98 Å². The van der Waals surface area contributed by atoms with E-state index in [-0.39, 0.29) is 0 Å². The van der Waals surface area contributed by atoms with Gasteiger partial charge in [0.05, 0.1) is 18.7 Å². The number of hydrogen-bond donors (Lipinski definition) is 2. The van der Waals surface area contributed by atoms with Crippen LogP contribution in [0.15, 0.2) is 24.3 Å². The summed E-state index contributed by atoms with van der Waals surface area (Å²) < 4.78 is 5.34. The summed E-state index contributed by atoms with van der Waals surface area (Å²) in [4.78, 5) is 11.2. The lowest BCUT2D eigenvalue weighted by Crippen LogP contribution is -2.37. The van der Waals surface area contributed by atoms with E-state index in [4.69, 9.17) is 10.5 Å². The fourth-order valence-electron chi connectivity index (χ4n) is 2.51. The number of morpholine rings is 1. The van der Waals surface area contributed by atoms with E-state index in [1.807, 2.05) is 24.3 Å². The van der Waals surface area contributed by atoms with Crippen molar-refractivity contribution in [1.82, 2.24) is 14.9 Å². The van der Waals surface area contributed by atoms with Crippen LogP contribution in [0, 0.1) is 0 Å². The zero-order valence-corrected chi connectivity index (χ0v) is 12.1. The molecular formula is C15H21N5O. The molecule has 3 N–H and O–H groups in total. The molecule has 3 rings (SSSR count). The molecule has 0 unspecified atom stereocenters. The van der Waals surface area contributed by atoms with Gasteiger partial charge in [0.2, 0.25) is 5.95 Å². The van der Waals surface area contributed by atoms with E-state index in [1.165, 1.54) is 0 Å². The first-order valence-corrected chi connectivity index (χ1v) is 7.39. The second-order valence-electron chi connectivity index (χ2n) is 5.18. The summed E-state index contributed by atoms with van der Waals surface area (Å²) in [6, 6.07) is 7.79. The highest BCUT2D eigenvalue weighted by Crippen LogP contribution is 2.18. The molecule has 6 heteroatoms. The molecule has 6 nitrogen and oxygen atoms in total. The first kappa shape index (κ1) is 14.0. The van der Waals surface area contributed by atoms with Crippen LogP contribution in [-0.4, -0.2) is 54.3 Å². The molecule has 0 amide bonds. The highest BCUT2D eigenvalue weighted by molar-refractivity contribution is 5.88. The Hall–Kier alpha value is -1.92. The largest absolute Gasteiger partial charge is 0.383 e. The lowest BCUT2D eigenvalue weighted by atomic mass is 10.2. The number of nitrogens with two attached hydrogens (primary N) is 1. The quantitative estimate of drug-likeness (QED) is 0.808. The molecule has 0 radical (unpaired) electrons. The van der Waals surface area contributed by atoms with Crippen molar-refractivity contribution in [3.63, 3.8) is 0 Å². The minimum Gasteiger partial charge on any atom is -0.383 e. The lowest BCUT2D eigenvalue weighted by Gasteiger charge is -2.26. The van der Waals surface area contributed by atoms with Gasteiger partial charge in [-0.15, -0.1) is 0 Å². The summed E-state index contributed by atoms with van der Waals surface area (Å²) in [6.07, 6.45) is 1.05. The van der Waals surface area contributed by atoms with Crippen LogP contribution < -0.4 is 11.1 Å². The summed E-state index contributed by atoms with van der Waals surface area (Å²) in [7, 11) is 0. The first-order chi connectivity index (χ1) is 10.3. The number of nitrogen functional groups attached to an aromatic ring is 1. The molecule has 1 aliphatic heterocycles. The maximum absolute atomic E-state index is 5.96. The second-order valence-corrected chi connectivity index (χ2v) is 5.18. The number of nitrogens with one attached hydrogen (secondary N) is 1. The number of ether oxygens (including phenoxy) is 1. The van der Waals surface area contributed by atoms with E-state index in [0.717, 1.165) is 56.7 Å². The van der Waals surface area contributed by atoms with Crippen LogP contribution in [-0.2, 0) is 4.74 Å². The number of hydrogen-bond acceptors (Lipinski definition) is 6. The Labute approximate surface area is 124 Å². The number of rotatable bonds is 5. The number of nitrogens with zero attached hydrogens (tertiary/aromatic N) is 3. The number of anilines is 2. The topological polar surface area (TPSA) is 76.3 Å². The Balaban J connectivity index is 1.53. The van der Waals surface area contributed by atoms with Crippen LogP contribution in [0.4, 0.5) is 11.8 Å². The van der Waals surface area contributed by atoms with Crippen LogP contribution in [0.2, 0.25) is 0 Å². The Morgan fingerprint density at radius 2 is 2.00 bits per heavy atom. The first-order valence-electron chi connectivity index (χ1n) is 7.39. The maximum atomic E-state index is 5.96. The van der Waals surface area contributed by atoms with Gasteiger partial charge in [-0.3, -0.25) is 4.90 Å². The molecule has 1 aromatic heterocycles. The van der Waals surface area contributed by atoms with Gasteiger partial charge in [0.25, 0.3) is 0 Å². The fraction of sp³-hybridized carbons (Fsp3) is 0.467. The Kier molecular flexibility index (Phi) is 4.47. The van der Waals surface area contributed by atoms with E-state index < -0.39 is 0 Å². The van der Waals surface area contributed by atoms with E-state index in [9.17, 15) is 0 Å². The Bertz CT molecular complexity index is 598. The smallest absolute Gasteiger partial charge is 0.225 e. The standard InChI is InChI=1S/C15H21N5O/c16-14-12-4-1-2-5-13(12)18-15(19-14)17-6-3-7-20-8-10-21-11-9-20/h1-2,4-5H,3,6-11H2,(H3,16,17,18,19). The van der Waals surface area contributed by atoms with E-state index in [0.29, 0.717) is 11.8 Å². The number of benzene rings is 1. The second kappa shape index (κ2) is 6.69. The van der Waals surface area contributed by atoms with Crippen LogP contribution in [0.1, 0.15) is 6.42 Å². The lowest BCUT2D eigenvalue weighted by molar-refractivity contribution is 0.0378. The van der Waals surface area contributed by atoms with Gasteiger partial charge >= 0.3 is 0 Å². The molecule has 1 aliphatic rings. The van der Waals surface area contributed by atoms with Crippen molar-refractivity contribution in [2.24, 2.45) is 0 Å². The van der Waals surface area contributed by atoms with Crippen molar-refractivity contribution >= 4 is 22.7 Å². The van der Waals surface area contributed by atoms with E-state index in [1.54, 1.807) is 0 Å². The molecule has 21 heavy (non-hydrogen) atoms. The predicted molar refractivity (Wildman–Crippen MR) is 84.3 cm³/mol. The molecule has 1 aromatic carbocycles. The normalized spacial score (nSPS) is 16.2. The zero-order valence-electron chi connectivity index (χ0n) is 12.1. The SMILES string of the molecule is Nc1nc(NCCCN2CCOCC2)nc2ccccc12. The molecule has 0 atom stereocenters. The summed E-state index contributed by atoms with van der Waals surface area (Å²) >= 11 is 0. The Morgan fingerprint density at radius 1 is 1.19 bits per heavy atom. The van der Waals surface area contributed by atoms with Gasteiger partial charge in [0.15, 0.2) is 0 Å². The number of para-hydroxylation sites is 1. The molecule has 0 spiro atoms. The third-order valence-electron chi connectivity index (χ3n) is 3.67. The predicted octanol–water partition coefficient (Wildman–Crippen LogP) is 1.35. The minimum absolute atomic E-state index is 0.524. The van der Waals surface area contributed by atoms with Crippen molar-refractivity contribution < 1.29 is 4.74 Å². The van der Waals surface area contributed by atoms with Crippen LogP contribution >= 0.6 is 0 Å². The van der Waals surface area contributed by atoms with Crippen LogP contribution in [0.5, 0.6) is 0 Å². The average Bonchev–Trinajstić information content (AvgIpc) is 2.53. The highest BCUT2D eigenvalue weighted by atomic mass is 16.5. The van der Waals surface area contributed by atoms with Crippen molar-refractivity contribution in [3.05, 3.63) is 24.3 Å². The molecule has 2 aromatic rings. The summed E-state index contributed by atoms with van der Waals surface area (Å²) in [5.74, 6) is 1.13. The molecule has 0 aliphatic carbocycles. The van der Waals surface area contributed by atoms with Gasteiger partial charge in [-0.2, -0.15) is 4.98 Å². The average molecular weight is 287 g/mol. The number of fused-ring (bicyclic) bond motifs is 1. The molecule has 1 fully saturated rings. The summed E-state index contributed by atoms with van der Waals surface area (Å²) in [5.41, 5.74) is 6.84.